The summed E-state index contributed by atoms with van der Waals surface area (Å²) in [5.41, 5.74) is -0.221. The predicted molar refractivity (Wildman–Crippen MR) is 62.2 cm³/mol. The third kappa shape index (κ3) is 2.44. The number of likely N-dealkylation sites (tertiary alicyclic amines) is 1. The molecule has 2 aliphatic rings. The van der Waals surface area contributed by atoms with Gasteiger partial charge in [-0.25, -0.2) is 0 Å². The molecule has 2 aliphatic heterocycles. The summed E-state index contributed by atoms with van der Waals surface area (Å²) in [5.74, 6) is 0.147. The number of carbonyl (C=O) groups is 2. The topological polar surface area (TPSA) is 69.6 Å². The van der Waals surface area contributed by atoms with E-state index >= 15 is 0 Å². The molecule has 5 heteroatoms. The first-order valence-corrected chi connectivity index (χ1v) is 6.28. The van der Waals surface area contributed by atoms with Gasteiger partial charge in [-0.2, -0.15) is 0 Å². The molecule has 0 unspecified atom stereocenters. The minimum Gasteiger partial charge on any atom is -0.393 e. The number of piperidine rings is 1. The zero-order chi connectivity index (χ0) is 12.5. The van der Waals surface area contributed by atoms with Gasteiger partial charge in [-0.1, -0.05) is 0 Å². The van der Waals surface area contributed by atoms with E-state index in [4.69, 9.17) is 0 Å². The molecule has 0 radical (unpaired) electrons. The van der Waals surface area contributed by atoms with Crippen LogP contribution >= 0.6 is 0 Å². The molecule has 1 spiro atoms. The summed E-state index contributed by atoms with van der Waals surface area (Å²) in [6, 6.07) is 0. The molecule has 2 fully saturated rings. The Morgan fingerprint density at radius 1 is 1.47 bits per heavy atom. The van der Waals surface area contributed by atoms with Crippen LogP contribution in [0.1, 0.15) is 32.6 Å². The summed E-state index contributed by atoms with van der Waals surface area (Å²) in [6.07, 6.45) is 1.99. The molecule has 2 saturated heterocycles. The van der Waals surface area contributed by atoms with E-state index in [-0.39, 0.29) is 23.7 Å². The van der Waals surface area contributed by atoms with Crippen LogP contribution in [-0.4, -0.2) is 47.6 Å². The average Bonchev–Trinajstić information content (AvgIpc) is 2.60. The van der Waals surface area contributed by atoms with Crippen LogP contribution < -0.4 is 5.32 Å². The first-order chi connectivity index (χ1) is 8.03. The predicted octanol–water partition coefficient (Wildman–Crippen LogP) is -0.114. The van der Waals surface area contributed by atoms with E-state index in [1.165, 1.54) is 0 Å². The normalized spacial score (nSPS) is 24.8. The lowest BCUT2D eigenvalue weighted by molar-refractivity contribution is -0.139. The Kier molecular flexibility index (Phi) is 3.38. The van der Waals surface area contributed by atoms with Gasteiger partial charge in [0.05, 0.1) is 17.9 Å². The summed E-state index contributed by atoms with van der Waals surface area (Å²) >= 11 is 0. The maximum Gasteiger partial charge on any atom is 0.226 e. The maximum atomic E-state index is 11.8. The summed E-state index contributed by atoms with van der Waals surface area (Å²) < 4.78 is 0. The molecule has 2 rings (SSSR count). The number of aliphatic hydroxyl groups excluding tert-OH is 1. The van der Waals surface area contributed by atoms with Crippen molar-refractivity contribution in [3.63, 3.8) is 0 Å². The first-order valence-electron chi connectivity index (χ1n) is 6.28. The highest BCUT2D eigenvalue weighted by atomic mass is 16.3. The summed E-state index contributed by atoms with van der Waals surface area (Å²) in [7, 11) is 0. The van der Waals surface area contributed by atoms with Crippen LogP contribution in [0.25, 0.3) is 0 Å². The van der Waals surface area contributed by atoms with Gasteiger partial charge < -0.3 is 15.3 Å². The molecule has 2 amide bonds. The van der Waals surface area contributed by atoms with E-state index < -0.39 is 6.10 Å². The highest BCUT2D eigenvalue weighted by Gasteiger charge is 2.44. The SMILES string of the molecule is C[C@@H](O)CC(=O)N1CCC2(CCNC2=O)CC1. The van der Waals surface area contributed by atoms with Gasteiger partial charge in [-0.05, 0) is 26.2 Å². The quantitative estimate of drug-likeness (QED) is 0.707. The molecule has 1 atom stereocenters. The summed E-state index contributed by atoms with van der Waals surface area (Å²) in [4.78, 5) is 25.3. The Morgan fingerprint density at radius 3 is 2.59 bits per heavy atom. The van der Waals surface area contributed by atoms with Crippen molar-refractivity contribution in [3.05, 3.63) is 0 Å². The number of carbonyl (C=O) groups excluding carboxylic acids is 2. The molecule has 2 heterocycles. The number of rotatable bonds is 2. The average molecular weight is 240 g/mol. The second-order valence-electron chi connectivity index (χ2n) is 5.22. The standard InChI is InChI=1S/C12H20N2O3/c1-9(15)8-10(16)14-6-3-12(4-7-14)2-5-13-11(12)17/h9,15H,2-8H2,1H3,(H,13,17)/t9-/m1/s1. The second-order valence-corrected chi connectivity index (χ2v) is 5.22. The van der Waals surface area contributed by atoms with Gasteiger partial charge >= 0.3 is 0 Å². The Morgan fingerprint density at radius 2 is 2.12 bits per heavy atom. The lowest BCUT2D eigenvalue weighted by Crippen LogP contribution is -2.46. The molecule has 0 aromatic rings. The van der Waals surface area contributed by atoms with Gasteiger partial charge in [0, 0.05) is 19.6 Å². The van der Waals surface area contributed by atoms with Gasteiger partial charge in [0.15, 0.2) is 0 Å². The Hall–Kier alpha value is -1.10. The van der Waals surface area contributed by atoms with E-state index in [2.05, 4.69) is 5.32 Å². The van der Waals surface area contributed by atoms with Crippen LogP contribution in [0, 0.1) is 5.41 Å². The van der Waals surface area contributed by atoms with Gasteiger partial charge in [-0.3, -0.25) is 9.59 Å². The van der Waals surface area contributed by atoms with Crippen molar-refractivity contribution in [2.24, 2.45) is 5.41 Å². The van der Waals surface area contributed by atoms with Crippen LogP contribution in [0.4, 0.5) is 0 Å². The van der Waals surface area contributed by atoms with Crippen LogP contribution in [0.3, 0.4) is 0 Å². The molecule has 0 saturated carbocycles. The van der Waals surface area contributed by atoms with E-state index in [0.29, 0.717) is 13.1 Å². The van der Waals surface area contributed by atoms with Crippen molar-refractivity contribution in [1.82, 2.24) is 10.2 Å². The monoisotopic (exact) mass is 240 g/mol. The highest BCUT2D eigenvalue weighted by Crippen LogP contribution is 2.38. The van der Waals surface area contributed by atoms with Gasteiger partial charge in [-0.15, -0.1) is 0 Å². The molecular formula is C12H20N2O3. The Bertz CT molecular complexity index is 320. The van der Waals surface area contributed by atoms with E-state index in [1.54, 1.807) is 11.8 Å². The van der Waals surface area contributed by atoms with Crippen molar-refractivity contribution in [1.29, 1.82) is 0 Å². The van der Waals surface area contributed by atoms with Crippen molar-refractivity contribution >= 4 is 11.8 Å². The van der Waals surface area contributed by atoms with Crippen molar-refractivity contribution < 1.29 is 14.7 Å². The number of aliphatic hydroxyl groups is 1. The number of hydrogen-bond donors (Lipinski definition) is 2. The number of amides is 2. The van der Waals surface area contributed by atoms with Crippen LogP contribution in [0.2, 0.25) is 0 Å². The fourth-order valence-corrected chi connectivity index (χ4v) is 2.76. The lowest BCUT2D eigenvalue weighted by atomic mass is 9.77. The first kappa shape index (κ1) is 12.4. The Labute approximate surface area is 101 Å². The lowest BCUT2D eigenvalue weighted by Gasteiger charge is -2.37. The van der Waals surface area contributed by atoms with Crippen LogP contribution in [0.5, 0.6) is 0 Å². The largest absolute Gasteiger partial charge is 0.393 e. The number of nitrogens with zero attached hydrogens (tertiary/aromatic N) is 1. The van der Waals surface area contributed by atoms with E-state index in [9.17, 15) is 14.7 Å². The van der Waals surface area contributed by atoms with Crippen LogP contribution in [0.15, 0.2) is 0 Å². The summed E-state index contributed by atoms with van der Waals surface area (Å²) in [5, 5.41) is 12.1. The smallest absolute Gasteiger partial charge is 0.226 e. The zero-order valence-electron chi connectivity index (χ0n) is 10.2. The highest BCUT2D eigenvalue weighted by molar-refractivity contribution is 5.85. The molecule has 2 N–H and O–H groups in total. The van der Waals surface area contributed by atoms with Gasteiger partial charge in [0.2, 0.25) is 11.8 Å². The Balaban J connectivity index is 1.90. The summed E-state index contributed by atoms with van der Waals surface area (Å²) in [6.45, 7) is 3.66. The fourth-order valence-electron chi connectivity index (χ4n) is 2.76. The van der Waals surface area contributed by atoms with Crippen molar-refractivity contribution in [2.75, 3.05) is 19.6 Å². The minimum absolute atomic E-state index is 0.00625. The second kappa shape index (κ2) is 4.64. The van der Waals surface area contributed by atoms with E-state index in [0.717, 1.165) is 25.8 Å². The molecule has 17 heavy (non-hydrogen) atoms. The van der Waals surface area contributed by atoms with Crippen molar-refractivity contribution in [3.8, 4) is 0 Å². The van der Waals surface area contributed by atoms with Gasteiger partial charge in [0.1, 0.15) is 0 Å². The molecule has 96 valence electrons. The van der Waals surface area contributed by atoms with Crippen LogP contribution in [-0.2, 0) is 9.59 Å². The van der Waals surface area contributed by atoms with Gasteiger partial charge in [0.25, 0.3) is 0 Å². The third-order valence-electron chi connectivity index (χ3n) is 3.91. The molecule has 0 bridgehead atoms. The molecule has 5 nitrogen and oxygen atoms in total. The molecule has 0 aromatic carbocycles. The number of hydrogen-bond acceptors (Lipinski definition) is 3. The molecular weight excluding hydrogens is 220 g/mol. The minimum atomic E-state index is -0.590. The molecule has 0 aromatic heterocycles. The number of nitrogens with one attached hydrogen (secondary N) is 1. The van der Waals surface area contributed by atoms with E-state index in [1.807, 2.05) is 0 Å². The zero-order valence-corrected chi connectivity index (χ0v) is 10.2. The third-order valence-corrected chi connectivity index (χ3v) is 3.91. The maximum absolute atomic E-state index is 11.8. The fraction of sp³-hybridized carbons (Fsp3) is 0.833. The molecule has 0 aliphatic carbocycles. The van der Waals surface area contributed by atoms with Crippen molar-refractivity contribution in [2.45, 2.75) is 38.7 Å².